The molecule has 0 bridgehead atoms. The summed E-state index contributed by atoms with van der Waals surface area (Å²) in [5, 5.41) is 4.19. The van der Waals surface area contributed by atoms with Gasteiger partial charge in [-0.25, -0.2) is 26.5 Å². The summed E-state index contributed by atoms with van der Waals surface area (Å²) < 4.78 is 53.4. The minimum Gasteiger partial charge on any atom is -0.351 e. The van der Waals surface area contributed by atoms with Gasteiger partial charge in [0.1, 0.15) is 5.82 Å². The zero-order valence-electron chi connectivity index (χ0n) is 19.5. The van der Waals surface area contributed by atoms with Crippen molar-refractivity contribution in [3.05, 3.63) is 42.7 Å². The third-order valence-corrected chi connectivity index (χ3v) is 8.01. The van der Waals surface area contributed by atoms with Crippen LogP contribution >= 0.6 is 0 Å². The van der Waals surface area contributed by atoms with Crippen molar-refractivity contribution in [1.82, 2.24) is 19.3 Å². The van der Waals surface area contributed by atoms with E-state index < -0.39 is 20.0 Å². The van der Waals surface area contributed by atoms with Crippen LogP contribution in [0.4, 0.5) is 11.6 Å². The Morgan fingerprint density at radius 1 is 1.03 bits per heavy atom. The van der Waals surface area contributed by atoms with Crippen molar-refractivity contribution in [3.8, 4) is 5.82 Å². The van der Waals surface area contributed by atoms with Crippen LogP contribution in [0.1, 0.15) is 32.6 Å². The largest absolute Gasteiger partial charge is 0.351 e. The second kappa shape index (κ2) is 9.51. The van der Waals surface area contributed by atoms with E-state index in [4.69, 9.17) is 0 Å². The van der Waals surface area contributed by atoms with Crippen LogP contribution in [-0.2, 0) is 20.0 Å². The monoisotopic (exact) mass is 506 g/mol. The summed E-state index contributed by atoms with van der Waals surface area (Å²) in [6, 6.07) is 9.40. The number of benzene rings is 1. The van der Waals surface area contributed by atoms with Gasteiger partial charge in [0.05, 0.1) is 23.7 Å². The lowest BCUT2D eigenvalue weighted by atomic mass is 9.92. The maximum atomic E-state index is 12.3. The lowest BCUT2D eigenvalue weighted by Gasteiger charge is -2.29. The molecule has 1 aromatic carbocycles. The highest BCUT2D eigenvalue weighted by atomic mass is 32.2. The smallest absolute Gasteiger partial charge is 0.232 e. The summed E-state index contributed by atoms with van der Waals surface area (Å²) in [6.45, 7) is 2.15. The van der Waals surface area contributed by atoms with E-state index in [2.05, 4.69) is 20.0 Å². The lowest BCUT2D eigenvalue weighted by molar-refractivity contribution is 0.387. The quantitative estimate of drug-likeness (QED) is 0.481. The van der Waals surface area contributed by atoms with Gasteiger partial charge in [-0.15, -0.1) is 0 Å². The molecule has 0 unspecified atom stereocenters. The number of nitrogens with one attached hydrogen (secondary N) is 2. The zero-order chi connectivity index (χ0) is 24.5. The fraction of sp³-hybridized carbons (Fsp3) is 0.455. The lowest BCUT2D eigenvalue weighted by Crippen LogP contribution is -2.39. The Bertz CT molecular complexity index is 1380. The van der Waals surface area contributed by atoms with Crippen molar-refractivity contribution < 1.29 is 16.8 Å². The van der Waals surface area contributed by atoms with Crippen molar-refractivity contribution in [1.29, 1.82) is 0 Å². The van der Waals surface area contributed by atoms with Crippen LogP contribution in [0.15, 0.2) is 42.7 Å². The topological polar surface area (TPSA) is 126 Å². The van der Waals surface area contributed by atoms with Crippen LogP contribution in [0.5, 0.6) is 0 Å². The zero-order valence-corrected chi connectivity index (χ0v) is 21.1. The van der Waals surface area contributed by atoms with Gasteiger partial charge in [0, 0.05) is 36.4 Å². The van der Waals surface area contributed by atoms with Crippen LogP contribution in [0, 0.1) is 0 Å². The molecule has 1 aliphatic rings. The molecular weight excluding hydrogens is 476 g/mol. The third-order valence-electron chi connectivity index (χ3n) is 5.99. The Balaban J connectivity index is 1.55. The number of rotatable bonds is 8. The van der Waals surface area contributed by atoms with Crippen molar-refractivity contribution >= 4 is 42.6 Å². The molecule has 184 valence electrons. The Morgan fingerprint density at radius 3 is 2.38 bits per heavy atom. The SMILES string of the molecule is CCN(c1cccc2c1ccn2-c1ccnc(N[C@H]2CC[C@H](NS(C)(=O)=O)CC2)n1)S(C)(=O)=O. The predicted molar refractivity (Wildman–Crippen MR) is 134 cm³/mol. The van der Waals surface area contributed by atoms with Crippen molar-refractivity contribution in [2.45, 2.75) is 44.7 Å². The third kappa shape index (κ3) is 5.50. The number of hydrogen-bond acceptors (Lipinski definition) is 7. The number of aromatic nitrogens is 3. The highest BCUT2D eigenvalue weighted by molar-refractivity contribution is 7.92. The van der Waals surface area contributed by atoms with E-state index in [-0.39, 0.29) is 12.1 Å². The van der Waals surface area contributed by atoms with E-state index in [0.29, 0.717) is 24.0 Å². The number of fused-ring (bicyclic) bond motifs is 1. The first-order valence-corrected chi connectivity index (χ1v) is 14.9. The first-order valence-electron chi connectivity index (χ1n) is 11.2. The highest BCUT2D eigenvalue weighted by Gasteiger charge is 2.24. The van der Waals surface area contributed by atoms with Crippen LogP contribution in [-0.4, -0.2) is 62.5 Å². The second-order valence-corrected chi connectivity index (χ2v) is 12.3. The van der Waals surface area contributed by atoms with Crippen molar-refractivity contribution in [2.24, 2.45) is 0 Å². The first kappa shape index (κ1) is 24.4. The summed E-state index contributed by atoms with van der Waals surface area (Å²) in [4.78, 5) is 9.04. The molecule has 2 heterocycles. The van der Waals surface area contributed by atoms with Gasteiger partial charge in [-0.1, -0.05) is 6.07 Å². The number of sulfonamides is 2. The maximum Gasteiger partial charge on any atom is 0.232 e. The molecule has 4 rings (SSSR count). The Kier molecular flexibility index (Phi) is 6.83. The molecule has 1 fully saturated rings. The molecule has 3 aromatic rings. The number of hydrogen-bond donors (Lipinski definition) is 2. The van der Waals surface area contributed by atoms with E-state index >= 15 is 0 Å². The molecule has 0 amide bonds. The van der Waals surface area contributed by atoms with Gasteiger partial charge in [-0.2, -0.15) is 4.98 Å². The molecule has 0 atom stereocenters. The molecule has 0 radical (unpaired) electrons. The highest BCUT2D eigenvalue weighted by Crippen LogP contribution is 2.31. The molecule has 0 aliphatic heterocycles. The van der Waals surface area contributed by atoms with E-state index in [1.54, 1.807) is 18.3 Å². The summed E-state index contributed by atoms with van der Waals surface area (Å²) in [5.74, 6) is 1.17. The van der Waals surface area contributed by atoms with E-state index in [0.717, 1.165) is 36.6 Å². The number of anilines is 2. The minimum absolute atomic E-state index is 0.0321. The van der Waals surface area contributed by atoms with Crippen LogP contribution in [0.2, 0.25) is 0 Å². The van der Waals surface area contributed by atoms with Crippen molar-refractivity contribution in [2.75, 3.05) is 28.7 Å². The van der Waals surface area contributed by atoms with Gasteiger partial charge in [0.15, 0.2) is 0 Å². The fourth-order valence-electron chi connectivity index (χ4n) is 4.55. The van der Waals surface area contributed by atoms with E-state index in [1.807, 2.05) is 35.9 Å². The van der Waals surface area contributed by atoms with Gasteiger partial charge in [0.2, 0.25) is 26.0 Å². The molecule has 12 heteroatoms. The molecule has 0 spiro atoms. The van der Waals surface area contributed by atoms with E-state index in [9.17, 15) is 16.8 Å². The van der Waals surface area contributed by atoms with E-state index in [1.165, 1.54) is 16.8 Å². The van der Waals surface area contributed by atoms with Gasteiger partial charge in [0.25, 0.3) is 0 Å². The summed E-state index contributed by atoms with van der Waals surface area (Å²) >= 11 is 0. The van der Waals surface area contributed by atoms with Gasteiger partial charge in [-0.05, 0) is 56.9 Å². The summed E-state index contributed by atoms with van der Waals surface area (Å²) in [5.41, 5.74) is 1.48. The predicted octanol–water partition coefficient (Wildman–Crippen LogP) is 2.48. The first-order chi connectivity index (χ1) is 16.0. The second-order valence-electron chi connectivity index (χ2n) is 8.64. The Labute approximate surface area is 200 Å². The normalized spacial score (nSPS) is 19.3. The fourth-order valence-corrected chi connectivity index (χ4v) is 6.37. The standard InChI is InChI=1S/C22H30N6O4S2/c1-4-28(34(3,31)32)20-7-5-6-19-18(20)13-15-27(19)21-12-14-23-22(25-21)24-16-8-10-17(11-9-16)26-33(2,29)30/h5-7,12-17,26H,4,8-11H2,1-3H3,(H,23,24,25)/t16-,17-. The number of nitrogens with zero attached hydrogens (tertiary/aromatic N) is 4. The summed E-state index contributed by atoms with van der Waals surface area (Å²) in [7, 11) is -6.60. The average molecular weight is 507 g/mol. The molecule has 0 saturated heterocycles. The Hall–Kier alpha value is -2.70. The van der Waals surface area contributed by atoms with Crippen LogP contribution < -0.4 is 14.3 Å². The minimum atomic E-state index is -3.40. The summed E-state index contributed by atoms with van der Waals surface area (Å²) in [6.07, 6.45) is 9.09. The molecule has 2 N–H and O–H groups in total. The molecular formula is C22H30N6O4S2. The average Bonchev–Trinajstić information content (AvgIpc) is 3.19. The molecule has 2 aromatic heterocycles. The van der Waals surface area contributed by atoms with Gasteiger partial charge < -0.3 is 9.88 Å². The maximum absolute atomic E-state index is 12.3. The Morgan fingerprint density at radius 2 is 1.74 bits per heavy atom. The van der Waals surface area contributed by atoms with Crippen LogP contribution in [0.25, 0.3) is 16.7 Å². The van der Waals surface area contributed by atoms with Crippen molar-refractivity contribution in [3.63, 3.8) is 0 Å². The van der Waals surface area contributed by atoms with Crippen LogP contribution in [0.3, 0.4) is 0 Å². The molecule has 10 nitrogen and oxygen atoms in total. The molecule has 34 heavy (non-hydrogen) atoms. The van der Waals surface area contributed by atoms with Gasteiger partial charge >= 0.3 is 0 Å². The molecule has 1 aliphatic carbocycles. The molecule has 1 saturated carbocycles. The van der Waals surface area contributed by atoms with Gasteiger partial charge in [-0.3, -0.25) is 4.31 Å².